The zero-order chi connectivity index (χ0) is 20.0. The van der Waals surface area contributed by atoms with Crippen LogP contribution in [0.15, 0.2) is 47.4 Å². The lowest BCUT2D eigenvalue weighted by atomic mass is 10.1. The number of aryl methyl sites for hydroxylation is 1. The van der Waals surface area contributed by atoms with Gasteiger partial charge in [0.05, 0.1) is 6.10 Å². The molecule has 2 aromatic carbocycles. The van der Waals surface area contributed by atoms with E-state index in [1.165, 1.54) is 23.6 Å². The van der Waals surface area contributed by atoms with Crippen molar-refractivity contribution in [2.45, 2.75) is 37.3 Å². The molecule has 0 saturated carbocycles. The lowest BCUT2D eigenvalue weighted by Crippen LogP contribution is -2.33. The Hall–Kier alpha value is -1.73. The molecular weight excluding hydrogens is 360 g/mol. The summed E-state index contributed by atoms with van der Waals surface area (Å²) in [6, 6.07) is 13.5. The van der Waals surface area contributed by atoms with Crippen LogP contribution in [-0.2, 0) is 11.2 Å². The summed E-state index contributed by atoms with van der Waals surface area (Å²) in [6.07, 6.45) is 1.73. The third-order valence-electron chi connectivity index (χ3n) is 4.71. The van der Waals surface area contributed by atoms with Crippen LogP contribution in [0.2, 0.25) is 0 Å². The van der Waals surface area contributed by atoms with Gasteiger partial charge in [-0.2, -0.15) is 0 Å². The number of nitrogens with one attached hydrogen (secondary N) is 1. The first-order valence-corrected chi connectivity index (χ1v) is 10.7. The van der Waals surface area contributed by atoms with Gasteiger partial charge in [0.1, 0.15) is 6.26 Å². The lowest BCUT2D eigenvalue weighted by Gasteiger charge is -2.23. The van der Waals surface area contributed by atoms with Crippen LogP contribution >= 0.6 is 0 Å². The van der Waals surface area contributed by atoms with Gasteiger partial charge in [0.15, 0.2) is 10.6 Å². The van der Waals surface area contributed by atoms with Crippen LogP contribution < -0.4 is 10.2 Å². The molecule has 0 amide bonds. The average molecular weight is 391 g/mol. The maximum atomic E-state index is 11.6. The molecule has 148 valence electrons. The van der Waals surface area contributed by atoms with E-state index in [1.807, 2.05) is 0 Å². The fourth-order valence-corrected chi connectivity index (χ4v) is 3.48. The summed E-state index contributed by atoms with van der Waals surface area (Å²) in [7, 11) is 2.08. The molecule has 27 heavy (non-hydrogen) atoms. The van der Waals surface area contributed by atoms with Crippen LogP contribution in [0.3, 0.4) is 0 Å². The molecule has 0 radical (unpaired) electrons. The number of phenols is 1. The smallest absolute Gasteiger partial charge is 0.194 e. The minimum absolute atomic E-state index is 0.00717. The number of aliphatic hydroxyl groups is 1. The van der Waals surface area contributed by atoms with Crippen LogP contribution in [0.5, 0.6) is 5.75 Å². The summed E-state index contributed by atoms with van der Waals surface area (Å²) < 4.78 is 11.6. The number of hydrogen-bond donors (Lipinski definition) is 3. The molecule has 0 aliphatic rings. The molecular formula is C21H30N2O3S. The number of phenolic OH excluding ortho intramolecular Hbond substituents is 1. The highest BCUT2D eigenvalue weighted by atomic mass is 32.2. The Balaban J connectivity index is 1.81. The molecule has 3 N–H and O–H groups in total. The Bertz CT molecular complexity index is 722. The second kappa shape index (κ2) is 9.99. The monoisotopic (exact) mass is 390 g/mol. The minimum Gasteiger partial charge on any atom is -0.612 e. The predicted molar refractivity (Wildman–Crippen MR) is 112 cm³/mol. The van der Waals surface area contributed by atoms with Gasteiger partial charge >= 0.3 is 0 Å². The van der Waals surface area contributed by atoms with Gasteiger partial charge in [0, 0.05) is 37.9 Å². The highest BCUT2D eigenvalue weighted by Gasteiger charge is 2.16. The largest absolute Gasteiger partial charge is 0.612 e. The van der Waals surface area contributed by atoms with Crippen molar-refractivity contribution in [3.05, 3.63) is 53.6 Å². The first-order chi connectivity index (χ1) is 12.8. The molecule has 2 rings (SSSR count). The van der Waals surface area contributed by atoms with E-state index in [0.29, 0.717) is 17.0 Å². The van der Waals surface area contributed by atoms with Gasteiger partial charge in [-0.15, -0.1) is 0 Å². The Kier molecular flexibility index (Phi) is 7.98. The number of anilines is 1. The van der Waals surface area contributed by atoms with Gasteiger partial charge in [-0.3, -0.25) is 0 Å². The van der Waals surface area contributed by atoms with Gasteiger partial charge < -0.3 is 25.0 Å². The van der Waals surface area contributed by atoms with E-state index >= 15 is 0 Å². The molecule has 0 heterocycles. The topological polar surface area (TPSA) is 78.8 Å². The van der Waals surface area contributed by atoms with Gasteiger partial charge in [0.2, 0.25) is 0 Å². The Labute approximate surface area is 165 Å². The Morgan fingerprint density at radius 1 is 1.19 bits per heavy atom. The maximum absolute atomic E-state index is 11.6. The van der Waals surface area contributed by atoms with Crippen LogP contribution in [0.25, 0.3) is 0 Å². The minimum atomic E-state index is -1.30. The fraction of sp³-hybridized carbons (Fsp3) is 0.429. The van der Waals surface area contributed by atoms with Crippen molar-refractivity contribution in [1.29, 1.82) is 0 Å². The summed E-state index contributed by atoms with van der Waals surface area (Å²) in [5.74, 6) is -0.00717. The van der Waals surface area contributed by atoms with Crippen molar-refractivity contribution >= 4 is 16.9 Å². The Morgan fingerprint density at radius 3 is 2.48 bits per heavy atom. The van der Waals surface area contributed by atoms with Gasteiger partial charge in [-0.05, 0) is 55.2 Å². The van der Waals surface area contributed by atoms with E-state index in [0.717, 1.165) is 13.0 Å². The zero-order valence-corrected chi connectivity index (χ0v) is 17.3. The molecule has 2 aromatic rings. The SMILES string of the molecule is Cc1ccc(N(C)CCC(C)NCC(O)c2ccc(O)c([S+](C)[O-])c2)cc1. The average Bonchev–Trinajstić information content (AvgIpc) is 2.64. The van der Waals surface area contributed by atoms with E-state index in [2.05, 4.69) is 55.4 Å². The Morgan fingerprint density at radius 2 is 1.85 bits per heavy atom. The molecule has 3 atom stereocenters. The zero-order valence-electron chi connectivity index (χ0n) is 16.5. The number of aliphatic hydroxyl groups excluding tert-OH is 1. The molecule has 0 aliphatic heterocycles. The molecule has 0 spiro atoms. The number of aromatic hydroxyl groups is 1. The van der Waals surface area contributed by atoms with Crippen molar-refractivity contribution in [3.63, 3.8) is 0 Å². The van der Waals surface area contributed by atoms with Crippen molar-refractivity contribution in [1.82, 2.24) is 5.32 Å². The first-order valence-electron chi connectivity index (χ1n) is 9.13. The van der Waals surface area contributed by atoms with E-state index < -0.39 is 17.3 Å². The first kappa shape index (κ1) is 21.6. The maximum Gasteiger partial charge on any atom is 0.194 e. The van der Waals surface area contributed by atoms with Gasteiger partial charge in [-0.1, -0.05) is 23.8 Å². The molecule has 6 heteroatoms. The summed E-state index contributed by atoms with van der Waals surface area (Å²) >= 11 is -1.30. The number of benzene rings is 2. The van der Waals surface area contributed by atoms with Crippen molar-refractivity contribution < 1.29 is 14.8 Å². The molecule has 0 bridgehead atoms. The number of nitrogens with zero attached hydrogens (tertiary/aromatic N) is 1. The van der Waals surface area contributed by atoms with Crippen molar-refractivity contribution in [3.8, 4) is 5.75 Å². The number of rotatable bonds is 9. The number of hydrogen-bond acceptors (Lipinski definition) is 5. The van der Waals surface area contributed by atoms with Crippen LogP contribution in [0, 0.1) is 6.92 Å². The molecule has 5 nitrogen and oxygen atoms in total. The van der Waals surface area contributed by atoms with Crippen LogP contribution in [0.1, 0.15) is 30.6 Å². The summed E-state index contributed by atoms with van der Waals surface area (Å²) in [5, 5.41) is 23.5. The van der Waals surface area contributed by atoms with E-state index in [4.69, 9.17) is 0 Å². The van der Waals surface area contributed by atoms with Gasteiger partial charge in [0.25, 0.3) is 0 Å². The van der Waals surface area contributed by atoms with E-state index in [-0.39, 0.29) is 11.8 Å². The third kappa shape index (κ3) is 6.43. The fourth-order valence-electron chi connectivity index (χ4n) is 2.82. The van der Waals surface area contributed by atoms with Crippen LogP contribution in [-0.4, -0.2) is 47.2 Å². The summed E-state index contributed by atoms with van der Waals surface area (Å²) in [4.78, 5) is 2.57. The second-order valence-corrected chi connectivity index (χ2v) is 8.40. The highest BCUT2D eigenvalue weighted by molar-refractivity contribution is 7.90. The second-order valence-electron chi connectivity index (χ2n) is 7.05. The lowest BCUT2D eigenvalue weighted by molar-refractivity contribution is 0.170. The molecule has 3 unspecified atom stereocenters. The normalized spacial score (nSPS) is 14.6. The molecule has 0 saturated heterocycles. The molecule has 0 aromatic heterocycles. The van der Waals surface area contributed by atoms with E-state index in [9.17, 15) is 14.8 Å². The van der Waals surface area contributed by atoms with Crippen molar-refractivity contribution in [2.24, 2.45) is 0 Å². The van der Waals surface area contributed by atoms with E-state index in [1.54, 1.807) is 12.1 Å². The summed E-state index contributed by atoms with van der Waals surface area (Å²) in [6.45, 7) is 5.48. The molecule has 0 fully saturated rings. The van der Waals surface area contributed by atoms with Gasteiger partial charge in [-0.25, -0.2) is 0 Å². The molecule has 0 aliphatic carbocycles. The predicted octanol–water partition coefficient (Wildman–Crippen LogP) is 2.98. The third-order valence-corrected chi connectivity index (χ3v) is 5.66. The summed E-state index contributed by atoms with van der Waals surface area (Å²) in [5.41, 5.74) is 3.09. The highest BCUT2D eigenvalue weighted by Crippen LogP contribution is 2.26. The quantitative estimate of drug-likeness (QED) is 0.574. The standard InChI is InChI=1S/C21H30N2O3S/c1-15-5-8-18(9-6-15)23(3)12-11-16(2)22-14-20(25)17-7-10-19(24)21(13-17)27(4)26/h5-10,13,16,20,22,24-25H,11-12,14H2,1-4H3. The van der Waals surface area contributed by atoms with Crippen molar-refractivity contribution in [2.75, 3.05) is 31.3 Å². The van der Waals surface area contributed by atoms with Crippen LogP contribution in [0.4, 0.5) is 5.69 Å².